The Morgan fingerprint density at radius 2 is 2.37 bits per heavy atom. The van der Waals surface area contributed by atoms with Crippen LogP contribution in [0.15, 0.2) is 31.1 Å². The molecule has 144 valence electrons. The number of carbonyl (C=O) groups is 1. The van der Waals surface area contributed by atoms with E-state index in [9.17, 15) is 4.79 Å². The number of hydrogen-bond acceptors (Lipinski definition) is 4. The average Bonchev–Trinajstić information content (AvgIpc) is 3.30. The third-order valence-electron chi connectivity index (χ3n) is 6.01. The van der Waals surface area contributed by atoms with E-state index in [1.165, 1.54) is 17.0 Å². The number of hydrogen-bond donors (Lipinski definition) is 2. The number of piperidine rings is 1. The summed E-state index contributed by atoms with van der Waals surface area (Å²) in [4.78, 5) is 21.9. The molecule has 4 atom stereocenters. The van der Waals surface area contributed by atoms with Crippen LogP contribution in [0.5, 0.6) is 0 Å². The maximum atomic E-state index is 12.1. The molecule has 27 heavy (non-hydrogen) atoms. The van der Waals surface area contributed by atoms with Gasteiger partial charge >= 0.3 is 0 Å². The maximum Gasteiger partial charge on any atom is 0.246 e. The van der Waals surface area contributed by atoms with Gasteiger partial charge in [-0.3, -0.25) is 4.79 Å². The van der Waals surface area contributed by atoms with E-state index in [2.05, 4.69) is 35.0 Å². The summed E-state index contributed by atoms with van der Waals surface area (Å²) in [5.41, 5.74) is 3.34. The summed E-state index contributed by atoms with van der Waals surface area (Å²) in [5.74, 6) is 1.14. The molecule has 0 radical (unpaired) electrons. The van der Waals surface area contributed by atoms with Gasteiger partial charge in [-0.1, -0.05) is 6.58 Å². The third kappa shape index (κ3) is 3.46. The Hall–Kier alpha value is -2.34. The number of anilines is 1. The number of fused-ring (bicyclic) bond motifs is 1. The van der Waals surface area contributed by atoms with E-state index in [4.69, 9.17) is 4.74 Å². The number of ether oxygens (including phenoxy) is 1. The molecular formula is C21H28N4O2. The van der Waals surface area contributed by atoms with Crippen molar-refractivity contribution in [3.05, 3.63) is 36.7 Å². The van der Waals surface area contributed by atoms with Crippen molar-refractivity contribution in [3.8, 4) is 0 Å². The molecular weight excluding hydrogens is 340 g/mol. The Kier molecular flexibility index (Phi) is 4.91. The Morgan fingerprint density at radius 3 is 3.15 bits per heavy atom. The van der Waals surface area contributed by atoms with Gasteiger partial charge in [-0.05, 0) is 55.7 Å². The van der Waals surface area contributed by atoms with Gasteiger partial charge in [-0.25, -0.2) is 4.98 Å². The van der Waals surface area contributed by atoms with Crippen LogP contribution in [0, 0.1) is 5.92 Å². The molecule has 2 aliphatic rings. The van der Waals surface area contributed by atoms with Crippen LogP contribution in [0.25, 0.3) is 11.0 Å². The van der Waals surface area contributed by atoms with Gasteiger partial charge in [0.2, 0.25) is 5.91 Å². The van der Waals surface area contributed by atoms with Crippen molar-refractivity contribution in [2.75, 3.05) is 25.6 Å². The number of rotatable bonds is 6. The molecule has 1 aliphatic carbocycles. The highest BCUT2D eigenvalue weighted by Gasteiger charge is 2.40. The molecule has 2 N–H and O–H groups in total. The number of pyridine rings is 1. The maximum absolute atomic E-state index is 12.1. The first-order valence-corrected chi connectivity index (χ1v) is 9.76. The fourth-order valence-electron chi connectivity index (χ4n) is 4.39. The lowest BCUT2D eigenvalue weighted by Gasteiger charge is -2.38. The highest BCUT2D eigenvalue weighted by Crippen LogP contribution is 2.50. The van der Waals surface area contributed by atoms with Crippen molar-refractivity contribution in [1.29, 1.82) is 0 Å². The smallest absolute Gasteiger partial charge is 0.246 e. The number of nitrogens with one attached hydrogen (secondary N) is 2. The van der Waals surface area contributed by atoms with E-state index in [1.54, 1.807) is 7.11 Å². The summed E-state index contributed by atoms with van der Waals surface area (Å²) in [6, 6.07) is 2.54. The molecule has 1 amide bonds. The molecule has 2 aromatic rings. The highest BCUT2D eigenvalue weighted by atomic mass is 16.5. The number of carbonyl (C=O) groups excluding carboxylic acids is 1. The standard InChI is InChI=1S/C21H28N4O2/c1-4-19(26)25-11-15(6-5-13(25)2)24-18-7-8-22-21-20(18)17(10-23-21)16-9-14(16)12-27-3/h4,7-8,10,13-16H,1,5-6,9,11-12H2,2-3H3,(H2,22,23,24)/t13-,14?,15?,16?/m0/s1. The quantitative estimate of drug-likeness (QED) is 0.768. The number of aromatic amines is 1. The van der Waals surface area contributed by atoms with Gasteiger partial charge in [0.05, 0.1) is 0 Å². The van der Waals surface area contributed by atoms with Crippen molar-refractivity contribution in [2.24, 2.45) is 5.92 Å². The van der Waals surface area contributed by atoms with Crippen LogP contribution in [-0.4, -0.2) is 53.1 Å². The molecule has 0 aromatic carbocycles. The topological polar surface area (TPSA) is 70.2 Å². The number of amides is 1. The Bertz CT molecular complexity index is 846. The molecule has 0 bridgehead atoms. The van der Waals surface area contributed by atoms with Crippen LogP contribution in [-0.2, 0) is 9.53 Å². The van der Waals surface area contributed by atoms with E-state index in [0.717, 1.165) is 37.2 Å². The first-order chi connectivity index (χ1) is 13.1. The van der Waals surface area contributed by atoms with Crippen LogP contribution >= 0.6 is 0 Å². The minimum atomic E-state index is 0.0107. The zero-order chi connectivity index (χ0) is 19.0. The lowest BCUT2D eigenvalue weighted by Crippen LogP contribution is -2.49. The second-order valence-electron chi connectivity index (χ2n) is 7.85. The van der Waals surface area contributed by atoms with Gasteiger partial charge in [-0.2, -0.15) is 0 Å². The Labute approximate surface area is 160 Å². The van der Waals surface area contributed by atoms with Crippen molar-refractivity contribution in [3.63, 3.8) is 0 Å². The van der Waals surface area contributed by atoms with E-state index >= 15 is 0 Å². The monoisotopic (exact) mass is 368 g/mol. The van der Waals surface area contributed by atoms with Gasteiger partial charge in [0, 0.05) is 55.8 Å². The Morgan fingerprint density at radius 1 is 1.52 bits per heavy atom. The zero-order valence-corrected chi connectivity index (χ0v) is 16.1. The number of likely N-dealkylation sites (tertiary alicyclic amines) is 1. The second kappa shape index (κ2) is 7.35. The number of aromatic nitrogens is 2. The molecule has 6 heteroatoms. The van der Waals surface area contributed by atoms with Crippen LogP contribution in [0.1, 0.15) is 37.7 Å². The van der Waals surface area contributed by atoms with Crippen LogP contribution in [0.3, 0.4) is 0 Å². The number of H-pyrrole nitrogens is 1. The minimum absolute atomic E-state index is 0.0107. The first kappa shape index (κ1) is 18.0. The normalized spacial score (nSPS) is 27.6. The summed E-state index contributed by atoms with van der Waals surface area (Å²) in [6.45, 7) is 7.25. The fourth-order valence-corrected chi connectivity index (χ4v) is 4.39. The summed E-state index contributed by atoms with van der Waals surface area (Å²) < 4.78 is 5.33. The summed E-state index contributed by atoms with van der Waals surface area (Å²) in [5, 5.41) is 4.87. The van der Waals surface area contributed by atoms with Gasteiger partial charge < -0.3 is 19.9 Å². The first-order valence-electron chi connectivity index (χ1n) is 9.76. The predicted molar refractivity (Wildman–Crippen MR) is 107 cm³/mol. The minimum Gasteiger partial charge on any atom is -0.384 e. The van der Waals surface area contributed by atoms with E-state index in [-0.39, 0.29) is 18.0 Å². The molecule has 1 aliphatic heterocycles. The molecule has 3 heterocycles. The van der Waals surface area contributed by atoms with Gasteiger partial charge in [0.1, 0.15) is 5.65 Å². The van der Waals surface area contributed by atoms with Crippen LogP contribution in [0.2, 0.25) is 0 Å². The van der Waals surface area contributed by atoms with E-state index in [0.29, 0.717) is 18.4 Å². The fraction of sp³-hybridized carbons (Fsp3) is 0.524. The average molecular weight is 368 g/mol. The van der Waals surface area contributed by atoms with Crippen molar-refractivity contribution in [2.45, 2.75) is 44.2 Å². The summed E-state index contributed by atoms with van der Waals surface area (Å²) in [6.07, 6.45) is 8.54. The molecule has 4 rings (SSSR count). The summed E-state index contributed by atoms with van der Waals surface area (Å²) >= 11 is 0. The van der Waals surface area contributed by atoms with Crippen molar-refractivity contribution in [1.82, 2.24) is 14.9 Å². The van der Waals surface area contributed by atoms with Crippen LogP contribution in [0.4, 0.5) is 5.69 Å². The molecule has 2 fully saturated rings. The van der Waals surface area contributed by atoms with Crippen molar-refractivity contribution >= 4 is 22.6 Å². The van der Waals surface area contributed by atoms with E-state index in [1.807, 2.05) is 17.2 Å². The molecule has 2 aromatic heterocycles. The lowest BCUT2D eigenvalue weighted by molar-refractivity contribution is -0.129. The molecule has 1 saturated carbocycles. The second-order valence-corrected chi connectivity index (χ2v) is 7.85. The molecule has 0 spiro atoms. The predicted octanol–water partition coefficient (Wildman–Crippen LogP) is 3.29. The SMILES string of the molecule is C=CC(=O)N1CC(Nc2ccnc3[nH]cc(C4CC4COC)c23)CC[C@@H]1C. The molecule has 1 saturated heterocycles. The van der Waals surface area contributed by atoms with E-state index < -0.39 is 0 Å². The van der Waals surface area contributed by atoms with Gasteiger partial charge in [0.25, 0.3) is 0 Å². The van der Waals surface area contributed by atoms with Crippen LogP contribution < -0.4 is 5.32 Å². The Balaban J connectivity index is 1.56. The molecule has 6 nitrogen and oxygen atoms in total. The molecule has 3 unspecified atom stereocenters. The largest absolute Gasteiger partial charge is 0.384 e. The lowest BCUT2D eigenvalue weighted by atomic mass is 9.98. The third-order valence-corrected chi connectivity index (χ3v) is 6.01. The zero-order valence-electron chi connectivity index (χ0n) is 16.1. The number of methoxy groups -OCH3 is 1. The van der Waals surface area contributed by atoms with Gasteiger partial charge in [-0.15, -0.1) is 0 Å². The van der Waals surface area contributed by atoms with Crippen molar-refractivity contribution < 1.29 is 9.53 Å². The van der Waals surface area contributed by atoms with Gasteiger partial charge in [0.15, 0.2) is 0 Å². The highest BCUT2D eigenvalue weighted by molar-refractivity contribution is 5.93. The number of nitrogens with zero attached hydrogens (tertiary/aromatic N) is 2. The summed E-state index contributed by atoms with van der Waals surface area (Å²) in [7, 11) is 1.76.